The van der Waals surface area contributed by atoms with Gasteiger partial charge in [-0.2, -0.15) is 0 Å². The Morgan fingerprint density at radius 2 is 1.73 bits per heavy atom. The van der Waals surface area contributed by atoms with Crippen LogP contribution < -0.4 is 5.32 Å². The molecule has 0 amide bonds. The van der Waals surface area contributed by atoms with E-state index in [2.05, 4.69) is 25.3 Å². The highest BCUT2D eigenvalue weighted by Crippen LogP contribution is 2.22. The highest BCUT2D eigenvalue weighted by Gasteiger charge is 2.07. The SMILES string of the molecule is Fc1ccc(-c2csc(CNc3nccc(-c4ccccn4)n3)n2)cc1. The highest BCUT2D eigenvalue weighted by atomic mass is 32.1. The summed E-state index contributed by atoms with van der Waals surface area (Å²) in [4.78, 5) is 17.6. The van der Waals surface area contributed by atoms with Crippen molar-refractivity contribution in [3.63, 3.8) is 0 Å². The van der Waals surface area contributed by atoms with Crippen LogP contribution in [0.25, 0.3) is 22.6 Å². The maximum Gasteiger partial charge on any atom is 0.223 e. The number of rotatable bonds is 5. The summed E-state index contributed by atoms with van der Waals surface area (Å²) in [6, 6.07) is 13.8. The van der Waals surface area contributed by atoms with Gasteiger partial charge in [0.2, 0.25) is 5.95 Å². The number of hydrogen-bond donors (Lipinski definition) is 1. The molecular formula is C19H14FN5S. The molecule has 1 aromatic carbocycles. The lowest BCUT2D eigenvalue weighted by atomic mass is 10.2. The van der Waals surface area contributed by atoms with Crippen molar-refractivity contribution in [3.8, 4) is 22.6 Å². The Morgan fingerprint density at radius 1 is 0.846 bits per heavy atom. The Morgan fingerprint density at radius 3 is 2.54 bits per heavy atom. The summed E-state index contributed by atoms with van der Waals surface area (Å²) in [6.07, 6.45) is 3.43. The molecular weight excluding hydrogens is 349 g/mol. The molecule has 0 aliphatic carbocycles. The Labute approximate surface area is 153 Å². The molecule has 0 atom stereocenters. The predicted molar refractivity (Wildman–Crippen MR) is 100 cm³/mol. The van der Waals surface area contributed by atoms with Gasteiger partial charge in [-0.15, -0.1) is 11.3 Å². The first-order valence-corrected chi connectivity index (χ1v) is 8.84. The zero-order valence-corrected chi connectivity index (χ0v) is 14.4. The lowest BCUT2D eigenvalue weighted by Gasteiger charge is -2.04. The van der Waals surface area contributed by atoms with Gasteiger partial charge in [0.05, 0.1) is 23.6 Å². The minimum absolute atomic E-state index is 0.254. The molecule has 4 aromatic rings. The van der Waals surface area contributed by atoms with Crippen LogP contribution in [-0.2, 0) is 6.54 Å². The normalized spacial score (nSPS) is 10.7. The second-order valence-electron chi connectivity index (χ2n) is 5.47. The molecule has 0 bridgehead atoms. The number of pyridine rings is 1. The molecule has 3 aromatic heterocycles. The minimum atomic E-state index is -0.254. The molecule has 0 radical (unpaired) electrons. The Hall–Kier alpha value is -3.19. The van der Waals surface area contributed by atoms with E-state index < -0.39 is 0 Å². The number of aromatic nitrogens is 4. The van der Waals surface area contributed by atoms with Gasteiger partial charge in [0.15, 0.2) is 0 Å². The molecule has 26 heavy (non-hydrogen) atoms. The molecule has 128 valence electrons. The first-order valence-electron chi connectivity index (χ1n) is 7.96. The zero-order chi connectivity index (χ0) is 17.8. The number of hydrogen-bond acceptors (Lipinski definition) is 6. The number of thiazole rings is 1. The molecule has 0 spiro atoms. The van der Waals surface area contributed by atoms with Gasteiger partial charge in [0, 0.05) is 23.3 Å². The zero-order valence-electron chi connectivity index (χ0n) is 13.6. The van der Waals surface area contributed by atoms with Crippen LogP contribution in [0.15, 0.2) is 66.3 Å². The summed E-state index contributed by atoms with van der Waals surface area (Å²) in [5.74, 6) is 0.266. The van der Waals surface area contributed by atoms with Crippen molar-refractivity contribution in [1.29, 1.82) is 0 Å². The molecule has 1 N–H and O–H groups in total. The lowest BCUT2D eigenvalue weighted by Crippen LogP contribution is -2.04. The van der Waals surface area contributed by atoms with Crippen molar-refractivity contribution < 1.29 is 4.39 Å². The second kappa shape index (κ2) is 7.37. The molecule has 0 unspecified atom stereocenters. The van der Waals surface area contributed by atoms with Crippen LogP contribution in [0.5, 0.6) is 0 Å². The fraction of sp³-hybridized carbons (Fsp3) is 0.0526. The van der Waals surface area contributed by atoms with Crippen molar-refractivity contribution >= 4 is 17.3 Å². The van der Waals surface area contributed by atoms with Crippen molar-refractivity contribution in [3.05, 3.63) is 77.1 Å². The lowest BCUT2D eigenvalue weighted by molar-refractivity contribution is 0.628. The van der Waals surface area contributed by atoms with Gasteiger partial charge in [-0.05, 0) is 42.5 Å². The maximum absolute atomic E-state index is 13.0. The van der Waals surface area contributed by atoms with E-state index in [1.807, 2.05) is 29.6 Å². The van der Waals surface area contributed by atoms with E-state index in [0.29, 0.717) is 12.5 Å². The van der Waals surface area contributed by atoms with E-state index >= 15 is 0 Å². The van der Waals surface area contributed by atoms with E-state index in [0.717, 1.165) is 27.7 Å². The first kappa shape index (κ1) is 16.3. The molecule has 3 heterocycles. The van der Waals surface area contributed by atoms with Crippen molar-refractivity contribution in [1.82, 2.24) is 19.9 Å². The van der Waals surface area contributed by atoms with Crippen molar-refractivity contribution in [2.24, 2.45) is 0 Å². The fourth-order valence-corrected chi connectivity index (χ4v) is 3.14. The number of benzene rings is 1. The van der Waals surface area contributed by atoms with E-state index in [1.165, 1.54) is 23.5 Å². The fourth-order valence-electron chi connectivity index (χ4n) is 2.40. The van der Waals surface area contributed by atoms with Crippen LogP contribution >= 0.6 is 11.3 Å². The first-order chi connectivity index (χ1) is 12.8. The van der Waals surface area contributed by atoms with Gasteiger partial charge < -0.3 is 5.32 Å². The van der Waals surface area contributed by atoms with E-state index in [9.17, 15) is 4.39 Å². The number of nitrogens with one attached hydrogen (secondary N) is 1. The quantitative estimate of drug-likeness (QED) is 0.569. The van der Waals surface area contributed by atoms with E-state index in [-0.39, 0.29) is 5.82 Å². The Balaban J connectivity index is 1.46. The number of nitrogens with zero attached hydrogens (tertiary/aromatic N) is 4. The summed E-state index contributed by atoms with van der Waals surface area (Å²) >= 11 is 1.53. The van der Waals surface area contributed by atoms with Crippen LogP contribution in [0, 0.1) is 5.82 Å². The molecule has 5 nitrogen and oxygen atoms in total. The molecule has 4 rings (SSSR count). The Kier molecular flexibility index (Phi) is 4.61. The van der Waals surface area contributed by atoms with Gasteiger partial charge in [-0.1, -0.05) is 6.07 Å². The monoisotopic (exact) mass is 363 g/mol. The van der Waals surface area contributed by atoms with Crippen molar-refractivity contribution in [2.45, 2.75) is 6.54 Å². The predicted octanol–water partition coefficient (Wildman–Crippen LogP) is 4.41. The molecule has 0 aliphatic heterocycles. The second-order valence-corrected chi connectivity index (χ2v) is 6.41. The average Bonchev–Trinajstić information content (AvgIpc) is 3.17. The minimum Gasteiger partial charge on any atom is -0.348 e. The van der Waals surface area contributed by atoms with Gasteiger partial charge in [0.25, 0.3) is 0 Å². The maximum atomic E-state index is 13.0. The van der Waals surface area contributed by atoms with E-state index in [4.69, 9.17) is 0 Å². The average molecular weight is 363 g/mol. The van der Waals surface area contributed by atoms with Crippen molar-refractivity contribution in [2.75, 3.05) is 5.32 Å². The van der Waals surface area contributed by atoms with Gasteiger partial charge >= 0.3 is 0 Å². The topological polar surface area (TPSA) is 63.6 Å². The smallest absolute Gasteiger partial charge is 0.223 e. The molecule has 7 heteroatoms. The summed E-state index contributed by atoms with van der Waals surface area (Å²) < 4.78 is 13.0. The van der Waals surface area contributed by atoms with Crippen LogP contribution in [0.2, 0.25) is 0 Å². The number of anilines is 1. The molecule has 0 fully saturated rings. The third kappa shape index (κ3) is 3.73. The van der Waals surface area contributed by atoms with Crippen LogP contribution in [0.4, 0.5) is 10.3 Å². The third-order valence-corrected chi connectivity index (χ3v) is 4.52. The van der Waals surface area contributed by atoms with Gasteiger partial charge in [-0.3, -0.25) is 4.98 Å². The van der Waals surface area contributed by atoms with Gasteiger partial charge in [-0.25, -0.2) is 19.3 Å². The third-order valence-electron chi connectivity index (χ3n) is 3.67. The highest BCUT2D eigenvalue weighted by molar-refractivity contribution is 7.09. The number of halogens is 1. The molecule has 0 saturated heterocycles. The summed E-state index contributed by atoms with van der Waals surface area (Å²) in [5.41, 5.74) is 3.28. The summed E-state index contributed by atoms with van der Waals surface area (Å²) in [5, 5.41) is 6.04. The largest absolute Gasteiger partial charge is 0.348 e. The molecule has 0 aliphatic rings. The summed E-state index contributed by atoms with van der Waals surface area (Å²) in [7, 11) is 0. The van der Waals surface area contributed by atoms with Crippen LogP contribution in [0.3, 0.4) is 0 Å². The standard InChI is InChI=1S/C19H14FN5S/c20-14-6-4-13(5-7-14)17-12-26-18(24-17)11-23-19-22-10-8-16(25-19)15-3-1-2-9-21-15/h1-10,12H,11H2,(H,22,23,25). The van der Waals surface area contributed by atoms with Gasteiger partial charge in [0.1, 0.15) is 10.8 Å². The van der Waals surface area contributed by atoms with E-state index in [1.54, 1.807) is 24.5 Å². The summed E-state index contributed by atoms with van der Waals surface area (Å²) in [6.45, 7) is 0.511. The Bertz CT molecular complexity index is 1000. The van der Waals surface area contributed by atoms with Crippen LogP contribution in [0.1, 0.15) is 5.01 Å². The van der Waals surface area contributed by atoms with Crippen LogP contribution in [-0.4, -0.2) is 19.9 Å². The molecule has 0 saturated carbocycles.